The molecule has 8 heteroatoms. The van der Waals surface area contributed by atoms with E-state index in [-0.39, 0.29) is 17.3 Å². The van der Waals surface area contributed by atoms with Crippen molar-refractivity contribution in [1.82, 2.24) is 14.5 Å². The number of amides is 1. The Balaban J connectivity index is 1.37. The molecule has 22 heavy (non-hydrogen) atoms. The van der Waals surface area contributed by atoms with Gasteiger partial charge in [0, 0.05) is 39.3 Å². The van der Waals surface area contributed by atoms with Crippen molar-refractivity contribution >= 4 is 15.9 Å². The van der Waals surface area contributed by atoms with E-state index in [1.165, 1.54) is 0 Å². The van der Waals surface area contributed by atoms with Crippen LogP contribution >= 0.6 is 0 Å². The largest absolute Gasteiger partial charge is 0.376 e. The highest BCUT2D eigenvalue weighted by atomic mass is 32.2. The molecule has 0 spiro atoms. The molecule has 1 amide bonds. The van der Waals surface area contributed by atoms with E-state index in [1.54, 1.807) is 4.31 Å². The van der Waals surface area contributed by atoms with Crippen LogP contribution in [0.3, 0.4) is 0 Å². The van der Waals surface area contributed by atoms with Gasteiger partial charge in [0.1, 0.15) is 0 Å². The Hall–Kier alpha value is -0.700. The lowest BCUT2D eigenvalue weighted by Gasteiger charge is -2.33. The molecule has 2 saturated heterocycles. The molecule has 1 N–H and O–H groups in total. The fourth-order valence-corrected chi connectivity index (χ4v) is 4.84. The average Bonchev–Trinajstić information content (AvgIpc) is 3.24. The van der Waals surface area contributed by atoms with Gasteiger partial charge in [-0.2, -0.15) is 4.31 Å². The number of nitrogens with zero attached hydrogens (tertiary/aromatic N) is 2. The number of ether oxygens (including phenoxy) is 1. The molecule has 1 unspecified atom stereocenters. The van der Waals surface area contributed by atoms with E-state index in [1.807, 2.05) is 4.90 Å². The van der Waals surface area contributed by atoms with E-state index in [2.05, 4.69) is 5.32 Å². The van der Waals surface area contributed by atoms with Crippen molar-refractivity contribution in [2.45, 2.75) is 37.0 Å². The first-order chi connectivity index (χ1) is 10.6. The molecule has 0 aromatic heterocycles. The molecule has 3 aliphatic rings. The van der Waals surface area contributed by atoms with Crippen molar-refractivity contribution in [3.05, 3.63) is 0 Å². The van der Waals surface area contributed by atoms with Crippen LogP contribution in [0.1, 0.15) is 25.7 Å². The minimum atomic E-state index is -3.07. The minimum Gasteiger partial charge on any atom is -0.376 e. The summed E-state index contributed by atoms with van der Waals surface area (Å²) in [4.78, 5) is 13.9. The summed E-state index contributed by atoms with van der Waals surface area (Å²) in [6, 6.07) is 0. The molecule has 3 fully saturated rings. The van der Waals surface area contributed by atoms with E-state index in [0.29, 0.717) is 39.3 Å². The first kappa shape index (κ1) is 16.2. The molecule has 0 aromatic carbocycles. The number of carbonyl (C=O) groups is 1. The molecule has 0 aromatic rings. The van der Waals surface area contributed by atoms with Gasteiger partial charge >= 0.3 is 0 Å². The molecule has 2 heterocycles. The number of hydrogen-bond donors (Lipinski definition) is 1. The summed E-state index contributed by atoms with van der Waals surface area (Å²) in [5.41, 5.74) is 0. The van der Waals surface area contributed by atoms with Crippen LogP contribution in [0.4, 0.5) is 0 Å². The maximum atomic E-state index is 12.1. The van der Waals surface area contributed by atoms with Crippen LogP contribution in [0.5, 0.6) is 0 Å². The van der Waals surface area contributed by atoms with Crippen molar-refractivity contribution in [2.24, 2.45) is 0 Å². The Labute approximate surface area is 132 Å². The second kappa shape index (κ2) is 6.82. The summed E-state index contributed by atoms with van der Waals surface area (Å²) in [6.45, 7) is 3.95. The molecular formula is C14H25N3O4S. The highest BCUT2D eigenvalue weighted by Crippen LogP contribution is 2.31. The SMILES string of the molecule is O=C(CN1CCN(S(=O)(=O)C2CC2)CC1)NCC1CCCO1. The first-order valence-corrected chi connectivity index (χ1v) is 9.65. The summed E-state index contributed by atoms with van der Waals surface area (Å²) < 4.78 is 31.3. The van der Waals surface area contributed by atoms with E-state index in [0.717, 1.165) is 32.3 Å². The van der Waals surface area contributed by atoms with Crippen LogP contribution in [0.15, 0.2) is 0 Å². The lowest BCUT2D eigenvalue weighted by atomic mass is 10.2. The summed E-state index contributed by atoms with van der Waals surface area (Å²) in [6.07, 6.45) is 3.84. The molecule has 1 aliphatic carbocycles. The summed E-state index contributed by atoms with van der Waals surface area (Å²) in [5.74, 6) is -0.00556. The van der Waals surface area contributed by atoms with E-state index in [4.69, 9.17) is 4.74 Å². The topological polar surface area (TPSA) is 79.0 Å². The maximum Gasteiger partial charge on any atom is 0.234 e. The van der Waals surface area contributed by atoms with Crippen molar-refractivity contribution in [1.29, 1.82) is 0 Å². The summed E-state index contributed by atoms with van der Waals surface area (Å²) in [5, 5.41) is 2.76. The monoisotopic (exact) mass is 331 g/mol. The van der Waals surface area contributed by atoms with E-state index in [9.17, 15) is 13.2 Å². The third-order valence-electron chi connectivity index (χ3n) is 4.55. The van der Waals surface area contributed by atoms with Gasteiger partial charge in [-0.25, -0.2) is 8.42 Å². The van der Waals surface area contributed by atoms with Crippen LogP contribution in [-0.4, -0.2) is 80.8 Å². The van der Waals surface area contributed by atoms with Gasteiger partial charge in [0.2, 0.25) is 15.9 Å². The fraction of sp³-hybridized carbons (Fsp3) is 0.929. The van der Waals surface area contributed by atoms with Gasteiger partial charge in [-0.1, -0.05) is 0 Å². The summed E-state index contributed by atoms with van der Waals surface area (Å²) >= 11 is 0. The van der Waals surface area contributed by atoms with E-state index < -0.39 is 10.0 Å². The van der Waals surface area contributed by atoms with Gasteiger partial charge in [-0.05, 0) is 25.7 Å². The molecule has 1 atom stereocenters. The second-order valence-corrected chi connectivity index (χ2v) is 8.57. The minimum absolute atomic E-state index is 0.00556. The smallest absolute Gasteiger partial charge is 0.234 e. The zero-order valence-corrected chi connectivity index (χ0v) is 13.7. The first-order valence-electron chi connectivity index (χ1n) is 8.15. The van der Waals surface area contributed by atoms with Crippen molar-refractivity contribution in [3.8, 4) is 0 Å². The lowest BCUT2D eigenvalue weighted by Crippen LogP contribution is -2.52. The Bertz CT molecular complexity index is 492. The van der Waals surface area contributed by atoms with Crippen molar-refractivity contribution in [2.75, 3.05) is 45.9 Å². The third-order valence-corrected chi connectivity index (χ3v) is 6.95. The zero-order chi connectivity index (χ0) is 15.6. The Morgan fingerprint density at radius 2 is 1.86 bits per heavy atom. The standard InChI is InChI=1S/C14H25N3O4S/c18-14(15-10-12-2-1-9-21-12)11-16-5-7-17(8-6-16)22(19,20)13-3-4-13/h12-13H,1-11H2,(H,15,18). The third kappa shape index (κ3) is 3.98. The van der Waals surface area contributed by atoms with Crippen LogP contribution < -0.4 is 5.32 Å². The number of hydrogen-bond acceptors (Lipinski definition) is 5. The van der Waals surface area contributed by atoms with Crippen LogP contribution in [-0.2, 0) is 19.6 Å². The van der Waals surface area contributed by atoms with Crippen molar-refractivity contribution in [3.63, 3.8) is 0 Å². The van der Waals surface area contributed by atoms with E-state index >= 15 is 0 Å². The molecule has 2 aliphatic heterocycles. The Morgan fingerprint density at radius 1 is 1.14 bits per heavy atom. The average molecular weight is 331 g/mol. The van der Waals surface area contributed by atoms with Gasteiger partial charge in [0.05, 0.1) is 17.9 Å². The summed E-state index contributed by atoms with van der Waals surface area (Å²) in [7, 11) is -3.07. The lowest BCUT2D eigenvalue weighted by molar-refractivity contribution is -0.123. The number of rotatable bonds is 6. The Morgan fingerprint density at radius 3 is 2.45 bits per heavy atom. The normalized spacial score (nSPS) is 27.9. The van der Waals surface area contributed by atoms with Crippen LogP contribution in [0.25, 0.3) is 0 Å². The molecule has 0 bridgehead atoms. The van der Waals surface area contributed by atoms with Crippen LogP contribution in [0.2, 0.25) is 0 Å². The fourth-order valence-electron chi connectivity index (χ4n) is 3.01. The van der Waals surface area contributed by atoms with Gasteiger partial charge in [0.25, 0.3) is 0 Å². The predicted octanol–water partition coefficient (Wildman–Crippen LogP) is -0.609. The highest BCUT2D eigenvalue weighted by Gasteiger charge is 2.41. The maximum absolute atomic E-state index is 12.1. The second-order valence-electron chi connectivity index (χ2n) is 6.36. The quantitative estimate of drug-likeness (QED) is 0.703. The number of piperazine rings is 1. The number of carbonyl (C=O) groups excluding carboxylic acids is 1. The van der Waals surface area contributed by atoms with Crippen LogP contribution in [0, 0.1) is 0 Å². The van der Waals surface area contributed by atoms with Crippen molar-refractivity contribution < 1.29 is 17.9 Å². The Kier molecular flexibility index (Phi) is 5.01. The molecule has 7 nitrogen and oxygen atoms in total. The molecule has 1 saturated carbocycles. The predicted molar refractivity (Wildman–Crippen MR) is 81.9 cm³/mol. The number of nitrogens with one attached hydrogen (secondary N) is 1. The molecule has 0 radical (unpaired) electrons. The van der Waals surface area contributed by atoms with Gasteiger partial charge in [0.15, 0.2) is 0 Å². The number of sulfonamides is 1. The van der Waals surface area contributed by atoms with Gasteiger partial charge in [-0.3, -0.25) is 9.69 Å². The van der Waals surface area contributed by atoms with Gasteiger partial charge in [-0.15, -0.1) is 0 Å². The molecule has 126 valence electrons. The zero-order valence-electron chi connectivity index (χ0n) is 12.9. The highest BCUT2D eigenvalue weighted by molar-refractivity contribution is 7.90. The van der Waals surface area contributed by atoms with Gasteiger partial charge < -0.3 is 10.1 Å². The molecular weight excluding hydrogens is 306 g/mol. The molecule has 3 rings (SSSR count).